The average molecular weight is 306 g/mol. The number of furan rings is 1. The number of hydrogen-bond acceptors (Lipinski definition) is 5. The summed E-state index contributed by atoms with van der Waals surface area (Å²) in [5.74, 6) is -0.422. The van der Waals surface area contributed by atoms with Crippen LogP contribution < -0.4 is 0 Å². The minimum Gasteiger partial charge on any atom is -0.513 e. The molecule has 2 aromatic carbocycles. The molecule has 0 bridgehead atoms. The first-order valence-electron chi connectivity index (χ1n) is 7.03. The average Bonchev–Trinajstić information content (AvgIpc) is 3.01. The summed E-state index contributed by atoms with van der Waals surface area (Å²) >= 11 is 0. The van der Waals surface area contributed by atoms with Gasteiger partial charge in [-0.15, -0.1) is 5.11 Å². The fourth-order valence-electron chi connectivity index (χ4n) is 2.07. The van der Waals surface area contributed by atoms with Crippen molar-refractivity contribution in [2.45, 2.75) is 6.92 Å². The number of ketones is 1. The Labute approximate surface area is 132 Å². The number of aliphatic hydroxyl groups excluding tert-OH is 1. The molecule has 0 amide bonds. The van der Waals surface area contributed by atoms with E-state index in [1.807, 2.05) is 37.3 Å². The van der Waals surface area contributed by atoms with Gasteiger partial charge in [-0.1, -0.05) is 35.9 Å². The van der Waals surface area contributed by atoms with Gasteiger partial charge in [0.25, 0.3) is 5.78 Å². The van der Waals surface area contributed by atoms with Gasteiger partial charge in [-0.3, -0.25) is 4.79 Å². The Morgan fingerprint density at radius 3 is 2.57 bits per heavy atom. The molecule has 0 saturated carbocycles. The van der Waals surface area contributed by atoms with Gasteiger partial charge in [0.15, 0.2) is 11.5 Å². The third-order valence-electron chi connectivity index (χ3n) is 3.31. The molecular formula is C18H14N2O3. The molecule has 0 fully saturated rings. The van der Waals surface area contributed by atoms with Crippen molar-refractivity contribution >= 4 is 22.4 Å². The molecule has 5 heteroatoms. The monoisotopic (exact) mass is 306 g/mol. The van der Waals surface area contributed by atoms with Crippen LogP contribution in [0.2, 0.25) is 0 Å². The van der Waals surface area contributed by atoms with Gasteiger partial charge >= 0.3 is 0 Å². The lowest BCUT2D eigenvalue weighted by Crippen LogP contribution is -1.99. The van der Waals surface area contributed by atoms with Crippen LogP contribution in [0.25, 0.3) is 11.0 Å². The molecule has 0 unspecified atom stereocenters. The standard InChI is InChI=1S/C18H14N2O3/c1-12-6-8-14(9-7-12)19-20-15(11-21)18(22)17-10-13-4-2-3-5-16(13)23-17/h2-11,21H,1H3/b15-11+,20-19?. The second kappa shape index (κ2) is 6.27. The maximum absolute atomic E-state index is 12.3. The lowest BCUT2D eigenvalue weighted by Gasteiger charge is -1.96. The first kappa shape index (κ1) is 14.7. The van der Waals surface area contributed by atoms with Gasteiger partial charge in [0, 0.05) is 5.39 Å². The molecule has 0 aliphatic heterocycles. The number of hydrogen-bond donors (Lipinski definition) is 1. The minimum absolute atomic E-state index is 0.106. The molecule has 0 radical (unpaired) electrons. The fraction of sp³-hybridized carbons (Fsp3) is 0.0556. The van der Waals surface area contributed by atoms with Crippen molar-refractivity contribution in [3.8, 4) is 0 Å². The second-order valence-electron chi connectivity index (χ2n) is 5.03. The van der Waals surface area contributed by atoms with E-state index in [2.05, 4.69) is 10.2 Å². The number of carbonyl (C=O) groups is 1. The van der Waals surface area contributed by atoms with E-state index >= 15 is 0 Å². The smallest absolute Gasteiger partial charge is 0.251 e. The number of carbonyl (C=O) groups excluding carboxylic acids is 1. The molecular weight excluding hydrogens is 292 g/mol. The van der Waals surface area contributed by atoms with Crippen molar-refractivity contribution < 1.29 is 14.3 Å². The Hall–Kier alpha value is -3.21. The summed E-state index contributed by atoms with van der Waals surface area (Å²) in [7, 11) is 0. The Morgan fingerprint density at radius 2 is 1.87 bits per heavy atom. The highest BCUT2D eigenvalue weighted by Gasteiger charge is 2.17. The highest BCUT2D eigenvalue weighted by Crippen LogP contribution is 2.22. The van der Waals surface area contributed by atoms with Crippen molar-refractivity contribution in [2.24, 2.45) is 10.2 Å². The summed E-state index contributed by atoms with van der Waals surface area (Å²) in [5, 5.41) is 17.9. The molecule has 0 aliphatic rings. The maximum atomic E-state index is 12.3. The molecule has 23 heavy (non-hydrogen) atoms. The van der Waals surface area contributed by atoms with Gasteiger partial charge in [-0.25, -0.2) is 0 Å². The van der Waals surface area contributed by atoms with E-state index in [1.54, 1.807) is 24.3 Å². The van der Waals surface area contributed by atoms with Crippen LogP contribution in [0.1, 0.15) is 16.1 Å². The number of allylic oxidation sites excluding steroid dienone is 1. The van der Waals surface area contributed by atoms with Crippen LogP contribution in [0.5, 0.6) is 0 Å². The van der Waals surface area contributed by atoms with Crippen LogP contribution >= 0.6 is 0 Å². The topological polar surface area (TPSA) is 75.2 Å². The Bertz CT molecular complexity index is 872. The third kappa shape index (κ3) is 3.18. The van der Waals surface area contributed by atoms with E-state index in [-0.39, 0.29) is 11.5 Å². The first-order chi connectivity index (χ1) is 11.2. The van der Waals surface area contributed by atoms with Gasteiger partial charge in [0.05, 0.1) is 5.69 Å². The van der Waals surface area contributed by atoms with Crippen LogP contribution in [-0.2, 0) is 0 Å². The number of benzene rings is 2. The summed E-state index contributed by atoms with van der Waals surface area (Å²) in [5.41, 5.74) is 2.10. The molecule has 3 rings (SSSR count). The predicted octanol–water partition coefficient (Wildman–Crippen LogP) is 5.11. The van der Waals surface area contributed by atoms with Gasteiger partial charge in [0.1, 0.15) is 11.8 Å². The minimum atomic E-state index is -0.528. The lowest BCUT2D eigenvalue weighted by molar-refractivity contribution is 0.100. The number of aliphatic hydroxyl groups is 1. The highest BCUT2D eigenvalue weighted by atomic mass is 16.3. The quantitative estimate of drug-likeness (QED) is 0.315. The molecule has 1 N–H and O–H groups in total. The van der Waals surface area contributed by atoms with Crippen molar-refractivity contribution in [1.82, 2.24) is 0 Å². The largest absolute Gasteiger partial charge is 0.513 e. The van der Waals surface area contributed by atoms with E-state index in [1.165, 1.54) is 0 Å². The summed E-state index contributed by atoms with van der Waals surface area (Å²) in [6.45, 7) is 1.96. The number of fused-ring (bicyclic) bond motifs is 1. The van der Waals surface area contributed by atoms with E-state index < -0.39 is 5.78 Å². The zero-order chi connectivity index (χ0) is 16.2. The molecule has 1 aromatic heterocycles. The Balaban J connectivity index is 1.85. The zero-order valence-electron chi connectivity index (χ0n) is 12.4. The number of para-hydroxylation sites is 1. The van der Waals surface area contributed by atoms with Crippen molar-refractivity contribution in [1.29, 1.82) is 0 Å². The van der Waals surface area contributed by atoms with Gasteiger partial charge in [0.2, 0.25) is 0 Å². The van der Waals surface area contributed by atoms with Crippen LogP contribution in [0.4, 0.5) is 5.69 Å². The van der Waals surface area contributed by atoms with Crippen LogP contribution in [0, 0.1) is 6.92 Å². The van der Waals surface area contributed by atoms with E-state index in [0.29, 0.717) is 17.5 Å². The van der Waals surface area contributed by atoms with Crippen molar-refractivity contribution in [3.63, 3.8) is 0 Å². The number of aryl methyl sites for hydroxylation is 1. The molecule has 0 aliphatic carbocycles. The van der Waals surface area contributed by atoms with Gasteiger partial charge < -0.3 is 9.52 Å². The highest BCUT2D eigenvalue weighted by molar-refractivity contribution is 6.08. The molecule has 114 valence electrons. The molecule has 0 atom stereocenters. The second-order valence-corrected chi connectivity index (χ2v) is 5.03. The third-order valence-corrected chi connectivity index (χ3v) is 3.31. The first-order valence-corrected chi connectivity index (χ1v) is 7.03. The normalized spacial score (nSPS) is 12.1. The van der Waals surface area contributed by atoms with E-state index in [4.69, 9.17) is 4.42 Å². The summed E-state index contributed by atoms with van der Waals surface area (Å²) < 4.78 is 5.48. The van der Waals surface area contributed by atoms with Crippen LogP contribution in [0.15, 0.2) is 81.2 Å². The molecule has 5 nitrogen and oxygen atoms in total. The number of nitrogens with zero attached hydrogens (tertiary/aromatic N) is 2. The number of rotatable bonds is 4. The van der Waals surface area contributed by atoms with Crippen LogP contribution in [0.3, 0.4) is 0 Å². The fourth-order valence-corrected chi connectivity index (χ4v) is 2.07. The number of Topliss-reactive ketones (excluding diaryl/α,β-unsaturated/α-hetero) is 1. The molecule has 1 heterocycles. The van der Waals surface area contributed by atoms with Crippen molar-refractivity contribution in [3.05, 3.63) is 77.9 Å². The predicted molar refractivity (Wildman–Crippen MR) is 87.0 cm³/mol. The summed E-state index contributed by atoms with van der Waals surface area (Å²) in [4.78, 5) is 12.3. The lowest BCUT2D eigenvalue weighted by atomic mass is 10.2. The zero-order valence-corrected chi connectivity index (χ0v) is 12.4. The SMILES string of the molecule is Cc1ccc(N=N/C(=C/O)C(=O)c2cc3ccccc3o2)cc1. The molecule has 0 spiro atoms. The summed E-state index contributed by atoms with van der Waals surface area (Å²) in [6.07, 6.45) is 0.632. The van der Waals surface area contributed by atoms with E-state index in [0.717, 1.165) is 10.9 Å². The van der Waals surface area contributed by atoms with Gasteiger partial charge in [-0.2, -0.15) is 5.11 Å². The number of azo groups is 1. The molecule has 0 saturated heterocycles. The Kier molecular flexibility index (Phi) is 4.01. The van der Waals surface area contributed by atoms with E-state index in [9.17, 15) is 9.90 Å². The van der Waals surface area contributed by atoms with Crippen LogP contribution in [-0.4, -0.2) is 10.9 Å². The summed E-state index contributed by atoms with van der Waals surface area (Å²) in [6, 6.07) is 16.2. The Morgan fingerprint density at radius 1 is 1.13 bits per heavy atom. The maximum Gasteiger partial charge on any atom is 0.251 e. The molecule has 3 aromatic rings. The van der Waals surface area contributed by atoms with Crippen molar-refractivity contribution in [2.75, 3.05) is 0 Å². The van der Waals surface area contributed by atoms with Gasteiger partial charge in [-0.05, 0) is 31.2 Å².